The molecule has 2 heterocycles. The van der Waals surface area contributed by atoms with Crippen molar-refractivity contribution in [3.8, 4) is 6.07 Å². The van der Waals surface area contributed by atoms with E-state index >= 15 is 0 Å². The number of carbonyl (C=O) groups is 1. The van der Waals surface area contributed by atoms with Gasteiger partial charge in [-0.3, -0.25) is 9.69 Å². The minimum atomic E-state index is -4.55. The largest absolute Gasteiger partial charge is 0.449 e. The number of anilines is 2. The predicted octanol–water partition coefficient (Wildman–Crippen LogP) is 3.60. The summed E-state index contributed by atoms with van der Waals surface area (Å²) in [6.45, 7) is 3.24. The third-order valence-electron chi connectivity index (χ3n) is 5.35. The van der Waals surface area contributed by atoms with Crippen LogP contribution >= 0.6 is 0 Å². The number of nitrogens with one attached hydrogen (secondary N) is 2. The van der Waals surface area contributed by atoms with Crippen LogP contribution in [0.5, 0.6) is 0 Å². The maximum absolute atomic E-state index is 12.8. The van der Waals surface area contributed by atoms with Crippen LogP contribution in [0, 0.1) is 11.3 Å². The second-order valence-electron chi connectivity index (χ2n) is 7.64. The number of aromatic nitrogens is 2. The first-order valence-corrected chi connectivity index (χ1v) is 10.2. The molecule has 1 aromatic heterocycles. The van der Waals surface area contributed by atoms with Crippen LogP contribution in [-0.2, 0) is 11.0 Å². The number of aromatic amines is 1. The van der Waals surface area contributed by atoms with Gasteiger partial charge in [0.25, 0.3) is 0 Å². The van der Waals surface area contributed by atoms with E-state index in [2.05, 4.69) is 31.2 Å². The van der Waals surface area contributed by atoms with Crippen LogP contribution in [0.1, 0.15) is 17.8 Å². The fourth-order valence-electron chi connectivity index (χ4n) is 3.76. The molecule has 1 saturated heterocycles. The molecule has 3 aromatic rings. The third kappa shape index (κ3) is 5.00. The van der Waals surface area contributed by atoms with Crippen LogP contribution in [0.3, 0.4) is 0 Å². The zero-order valence-corrected chi connectivity index (χ0v) is 17.1. The number of benzene rings is 2. The van der Waals surface area contributed by atoms with Crippen molar-refractivity contribution in [2.75, 3.05) is 42.9 Å². The molecule has 2 N–H and O–H groups in total. The Balaban J connectivity index is 1.34. The second kappa shape index (κ2) is 8.88. The maximum atomic E-state index is 12.8. The molecule has 0 aliphatic carbocycles. The van der Waals surface area contributed by atoms with Gasteiger partial charge in [0.2, 0.25) is 11.7 Å². The van der Waals surface area contributed by atoms with E-state index < -0.39 is 12.0 Å². The fourth-order valence-corrected chi connectivity index (χ4v) is 3.76. The lowest BCUT2D eigenvalue weighted by Gasteiger charge is -2.23. The molecule has 0 atom stereocenters. The number of alkyl halides is 3. The highest BCUT2D eigenvalue weighted by Crippen LogP contribution is 2.29. The van der Waals surface area contributed by atoms with Crippen LogP contribution in [0.25, 0.3) is 11.0 Å². The van der Waals surface area contributed by atoms with Gasteiger partial charge in [0.1, 0.15) is 0 Å². The molecular formula is C22H21F3N6O. The van der Waals surface area contributed by atoms with Crippen molar-refractivity contribution in [1.29, 1.82) is 5.26 Å². The van der Waals surface area contributed by atoms with E-state index in [-0.39, 0.29) is 23.5 Å². The first-order chi connectivity index (χ1) is 15.3. The topological polar surface area (TPSA) is 88.1 Å². The minimum absolute atomic E-state index is 0.186. The van der Waals surface area contributed by atoms with Crippen molar-refractivity contribution in [2.24, 2.45) is 0 Å². The number of hydrogen-bond donors (Lipinski definition) is 2. The molecule has 10 heteroatoms. The van der Waals surface area contributed by atoms with E-state index in [0.29, 0.717) is 17.8 Å². The number of hydrogen-bond acceptors (Lipinski definition) is 5. The molecule has 0 bridgehead atoms. The Labute approximate surface area is 182 Å². The number of nitrogens with zero attached hydrogens (tertiary/aromatic N) is 4. The highest BCUT2D eigenvalue weighted by molar-refractivity contribution is 5.94. The number of halogens is 3. The molecule has 4 rings (SSSR count). The molecule has 7 nitrogen and oxygen atoms in total. The van der Waals surface area contributed by atoms with Gasteiger partial charge in [-0.2, -0.15) is 18.4 Å². The molecule has 0 unspecified atom stereocenters. The molecule has 0 radical (unpaired) electrons. The van der Waals surface area contributed by atoms with Gasteiger partial charge >= 0.3 is 6.18 Å². The average Bonchev–Trinajstić information content (AvgIpc) is 3.07. The zero-order chi connectivity index (χ0) is 22.7. The van der Waals surface area contributed by atoms with Crippen molar-refractivity contribution in [2.45, 2.75) is 12.6 Å². The van der Waals surface area contributed by atoms with E-state index in [1.807, 2.05) is 12.1 Å². The molecule has 1 amide bonds. The Morgan fingerprint density at radius 2 is 1.91 bits per heavy atom. The Morgan fingerprint density at radius 3 is 2.62 bits per heavy atom. The van der Waals surface area contributed by atoms with E-state index in [0.717, 1.165) is 31.7 Å². The first kappa shape index (κ1) is 21.6. The van der Waals surface area contributed by atoms with Gasteiger partial charge in [0, 0.05) is 37.6 Å². The van der Waals surface area contributed by atoms with Crippen molar-refractivity contribution in [3.63, 3.8) is 0 Å². The van der Waals surface area contributed by atoms with Gasteiger partial charge in [-0.25, -0.2) is 4.98 Å². The third-order valence-corrected chi connectivity index (χ3v) is 5.35. The van der Waals surface area contributed by atoms with Crippen LogP contribution in [0.2, 0.25) is 0 Å². The maximum Gasteiger partial charge on any atom is 0.449 e. The summed E-state index contributed by atoms with van der Waals surface area (Å²) in [4.78, 5) is 22.6. The lowest BCUT2D eigenvalue weighted by atomic mass is 10.2. The fraction of sp³-hybridized carbons (Fsp3) is 0.318. The molecule has 1 aliphatic rings. The summed E-state index contributed by atoms with van der Waals surface area (Å²) in [5, 5.41) is 11.7. The van der Waals surface area contributed by atoms with Crippen LogP contribution < -0.4 is 10.2 Å². The number of carbonyl (C=O) groups excluding carboxylic acids is 1. The summed E-state index contributed by atoms with van der Waals surface area (Å²) in [6, 6.07) is 14.0. The lowest BCUT2D eigenvalue weighted by Crippen LogP contribution is -2.36. The van der Waals surface area contributed by atoms with E-state index in [4.69, 9.17) is 5.26 Å². The molecular weight excluding hydrogens is 421 g/mol. The van der Waals surface area contributed by atoms with Gasteiger partial charge < -0.3 is 15.2 Å². The smallest absolute Gasteiger partial charge is 0.370 e. The standard InChI is InChI=1S/C22H21F3N6O/c23-22(24,25)21-28-18-7-4-16(12-19(18)29-21)27-20(32)14-30-8-1-9-31(11-10-30)17-5-2-15(13-26)3-6-17/h2-7,12H,1,8-11,14H2,(H,27,32)(H,28,29). The summed E-state index contributed by atoms with van der Waals surface area (Å²) in [6.07, 6.45) is -3.67. The Hall–Kier alpha value is -3.58. The summed E-state index contributed by atoms with van der Waals surface area (Å²) in [5.41, 5.74) is 2.47. The van der Waals surface area contributed by atoms with E-state index in [9.17, 15) is 18.0 Å². The van der Waals surface area contributed by atoms with Gasteiger partial charge in [-0.05, 0) is 48.9 Å². The van der Waals surface area contributed by atoms with E-state index in [1.165, 1.54) is 18.2 Å². The Morgan fingerprint density at radius 1 is 1.12 bits per heavy atom. The van der Waals surface area contributed by atoms with Crippen LogP contribution in [0.4, 0.5) is 24.5 Å². The van der Waals surface area contributed by atoms with Crippen molar-refractivity contribution in [3.05, 3.63) is 53.9 Å². The molecule has 32 heavy (non-hydrogen) atoms. The number of rotatable bonds is 4. The Bertz CT molecular complexity index is 1150. The summed E-state index contributed by atoms with van der Waals surface area (Å²) in [5.74, 6) is -1.29. The Kier molecular flexibility index (Phi) is 6.01. The normalized spacial score (nSPS) is 15.4. The highest BCUT2D eigenvalue weighted by Gasteiger charge is 2.34. The first-order valence-electron chi connectivity index (χ1n) is 10.2. The summed E-state index contributed by atoms with van der Waals surface area (Å²) >= 11 is 0. The highest BCUT2D eigenvalue weighted by atomic mass is 19.4. The van der Waals surface area contributed by atoms with Gasteiger partial charge in [0.05, 0.1) is 29.2 Å². The monoisotopic (exact) mass is 442 g/mol. The SMILES string of the molecule is N#Cc1ccc(N2CCCN(CC(=O)Nc3ccc4nc(C(F)(F)F)[nH]c4c3)CC2)cc1. The van der Waals surface area contributed by atoms with Crippen molar-refractivity contribution >= 4 is 28.3 Å². The summed E-state index contributed by atoms with van der Waals surface area (Å²) < 4.78 is 38.4. The molecule has 1 fully saturated rings. The molecule has 1 aliphatic heterocycles. The molecule has 2 aromatic carbocycles. The molecule has 0 saturated carbocycles. The number of nitriles is 1. The number of fused-ring (bicyclic) bond motifs is 1. The van der Waals surface area contributed by atoms with Crippen molar-refractivity contribution < 1.29 is 18.0 Å². The van der Waals surface area contributed by atoms with Gasteiger partial charge in [-0.1, -0.05) is 0 Å². The quantitative estimate of drug-likeness (QED) is 0.645. The minimum Gasteiger partial charge on any atom is -0.370 e. The number of imidazole rings is 1. The second-order valence-corrected chi connectivity index (χ2v) is 7.64. The van der Waals surface area contributed by atoms with Crippen LogP contribution in [-0.4, -0.2) is 53.5 Å². The number of amides is 1. The van der Waals surface area contributed by atoms with E-state index in [1.54, 1.807) is 12.1 Å². The van der Waals surface area contributed by atoms with Crippen LogP contribution in [0.15, 0.2) is 42.5 Å². The number of H-pyrrole nitrogens is 1. The average molecular weight is 442 g/mol. The molecule has 166 valence electrons. The zero-order valence-electron chi connectivity index (χ0n) is 17.1. The lowest BCUT2D eigenvalue weighted by molar-refractivity contribution is -0.144. The predicted molar refractivity (Wildman–Crippen MR) is 114 cm³/mol. The summed E-state index contributed by atoms with van der Waals surface area (Å²) in [7, 11) is 0. The van der Waals surface area contributed by atoms with Gasteiger partial charge in [-0.15, -0.1) is 0 Å². The van der Waals surface area contributed by atoms with Gasteiger partial charge in [0.15, 0.2) is 0 Å². The molecule has 0 spiro atoms. The van der Waals surface area contributed by atoms with Crippen molar-refractivity contribution in [1.82, 2.24) is 14.9 Å².